The van der Waals surface area contributed by atoms with Gasteiger partial charge in [0, 0.05) is 10.5 Å². The van der Waals surface area contributed by atoms with Gasteiger partial charge >= 0.3 is 0 Å². The van der Waals surface area contributed by atoms with Crippen LogP contribution in [0.3, 0.4) is 0 Å². The third kappa shape index (κ3) is 2.37. The fourth-order valence-corrected chi connectivity index (χ4v) is 2.73. The van der Waals surface area contributed by atoms with E-state index >= 15 is 0 Å². The first-order valence-electron chi connectivity index (χ1n) is 5.26. The van der Waals surface area contributed by atoms with Crippen LogP contribution < -0.4 is 5.73 Å². The van der Waals surface area contributed by atoms with E-state index in [1.54, 1.807) is 0 Å². The first-order chi connectivity index (χ1) is 6.75. The summed E-state index contributed by atoms with van der Waals surface area (Å²) in [7, 11) is 0. The van der Waals surface area contributed by atoms with Crippen molar-refractivity contribution in [1.82, 2.24) is 0 Å². The van der Waals surface area contributed by atoms with Crippen LogP contribution in [0.15, 0.2) is 28.7 Å². The highest BCUT2D eigenvalue weighted by molar-refractivity contribution is 9.10. The van der Waals surface area contributed by atoms with E-state index < -0.39 is 0 Å². The lowest BCUT2D eigenvalue weighted by Gasteiger charge is -2.15. The van der Waals surface area contributed by atoms with Gasteiger partial charge in [0.25, 0.3) is 0 Å². The summed E-state index contributed by atoms with van der Waals surface area (Å²) in [6.45, 7) is 0. The summed E-state index contributed by atoms with van der Waals surface area (Å²) in [5, 5.41) is 0. The zero-order valence-electron chi connectivity index (χ0n) is 8.25. The fraction of sp³-hybridized carbons (Fsp3) is 0.500. The van der Waals surface area contributed by atoms with Crippen LogP contribution in [-0.2, 0) is 6.42 Å². The molecule has 1 aromatic rings. The second-order valence-corrected chi connectivity index (χ2v) is 5.10. The molecule has 1 aliphatic carbocycles. The zero-order chi connectivity index (χ0) is 9.97. The Balaban J connectivity index is 2.03. The molecule has 0 aliphatic heterocycles. The number of rotatable bonds is 2. The number of hydrogen-bond acceptors (Lipinski definition) is 1. The molecule has 1 aromatic carbocycles. The van der Waals surface area contributed by atoms with E-state index in [9.17, 15) is 0 Å². The second-order valence-electron chi connectivity index (χ2n) is 4.19. The molecular formula is C12H16BrN. The summed E-state index contributed by atoms with van der Waals surface area (Å²) in [4.78, 5) is 0. The predicted molar refractivity (Wildman–Crippen MR) is 63.2 cm³/mol. The van der Waals surface area contributed by atoms with Crippen molar-refractivity contribution in [2.75, 3.05) is 0 Å². The number of hydrogen-bond donors (Lipinski definition) is 1. The van der Waals surface area contributed by atoms with E-state index in [0.717, 1.165) is 6.42 Å². The molecular weight excluding hydrogens is 238 g/mol. The van der Waals surface area contributed by atoms with Gasteiger partial charge < -0.3 is 5.73 Å². The van der Waals surface area contributed by atoms with E-state index in [4.69, 9.17) is 5.73 Å². The molecule has 2 unspecified atom stereocenters. The first kappa shape index (κ1) is 10.2. The Morgan fingerprint density at radius 1 is 1.36 bits per heavy atom. The third-order valence-corrected chi connectivity index (χ3v) is 3.60. The average molecular weight is 254 g/mol. The smallest absolute Gasteiger partial charge is 0.0177 e. The highest BCUT2D eigenvalue weighted by Crippen LogP contribution is 2.27. The lowest BCUT2D eigenvalue weighted by atomic mass is 9.95. The standard InChI is InChI=1S/C12H16BrN/c13-11-5-1-3-9(8-11)7-10-4-2-6-12(10)14/h1,3,5,8,10,12H,2,4,6-7,14H2. The second kappa shape index (κ2) is 4.45. The van der Waals surface area contributed by atoms with Gasteiger partial charge in [-0.1, -0.05) is 34.5 Å². The topological polar surface area (TPSA) is 26.0 Å². The highest BCUT2D eigenvalue weighted by Gasteiger charge is 2.23. The molecule has 1 saturated carbocycles. The van der Waals surface area contributed by atoms with Crippen molar-refractivity contribution in [1.29, 1.82) is 0 Å². The van der Waals surface area contributed by atoms with Crippen LogP contribution >= 0.6 is 15.9 Å². The maximum atomic E-state index is 6.05. The summed E-state index contributed by atoms with van der Waals surface area (Å²) in [6, 6.07) is 8.98. The largest absolute Gasteiger partial charge is 0.327 e. The SMILES string of the molecule is NC1CCCC1Cc1cccc(Br)c1. The molecule has 0 aromatic heterocycles. The lowest BCUT2D eigenvalue weighted by Crippen LogP contribution is -2.25. The van der Waals surface area contributed by atoms with Gasteiger partial charge in [0.15, 0.2) is 0 Å². The minimum Gasteiger partial charge on any atom is -0.327 e. The third-order valence-electron chi connectivity index (χ3n) is 3.10. The van der Waals surface area contributed by atoms with Crippen LogP contribution in [0.1, 0.15) is 24.8 Å². The molecule has 2 atom stereocenters. The molecule has 0 amide bonds. The van der Waals surface area contributed by atoms with E-state index in [1.807, 2.05) is 0 Å². The Morgan fingerprint density at radius 3 is 2.86 bits per heavy atom. The van der Waals surface area contributed by atoms with E-state index in [1.165, 1.54) is 29.3 Å². The van der Waals surface area contributed by atoms with Gasteiger partial charge in [0.2, 0.25) is 0 Å². The Hall–Kier alpha value is -0.340. The lowest BCUT2D eigenvalue weighted by molar-refractivity contribution is 0.479. The highest BCUT2D eigenvalue weighted by atomic mass is 79.9. The van der Waals surface area contributed by atoms with E-state index in [2.05, 4.69) is 40.2 Å². The Labute approximate surface area is 93.8 Å². The monoisotopic (exact) mass is 253 g/mol. The van der Waals surface area contributed by atoms with Gasteiger partial charge in [0.1, 0.15) is 0 Å². The molecule has 0 saturated heterocycles. The molecule has 1 fully saturated rings. The van der Waals surface area contributed by atoms with Crippen molar-refractivity contribution >= 4 is 15.9 Å². The number of benzene rings is 1. The van der Waals surface area contributed by atoms with Crippen LogP contribution in [0.4, 0.5) is 0 Å². The summed E-state index contributed by atoms with van der Waals surface area (Å²) < 4.78 is 1.17. The van der Waals surface area contributed by atoms with Gasteiger partial charge in [0.05, 0.1) is 0 Å². The van der Waals surface area contributed by atoms with E-state index in [-0.39, 0.29) is 0 Å². The molecule has 2 heteroatoms. The molecule has 0 radical (unpaired) electrons. The van der Waals surface area contributed by atoms with Crippen LogP contribution in [-0.4, -0.2) is 6.04 Å². The number of nitrogens with two attached hydrogens (primary N) is 1. The minimum absolute atomic E-state index is 0.425. The van der Waals surface area contributed by atoms with Crippen molar-refractivity contribution < 1.29 is 0 Å². The van der Waals surface area contributed by atoms with Crippen molar-refractivity contribution in [2.24, 2.45) is 11.7 Å². The number of halogens is 1. The molecule has 0 bridgehead atoms. The van der Waals surface area contributed by atoms with Crippen LogP contribution in [0.5, 0.6) is 0 Å². The van der Waals surface area contributed by atoms with Crippen molar-refractivity contribution in [3.05, 3.63) is 34.3 Å². The van der Waals surface area contributed by atoms with E-state index in [0.29, 0.717) is 12.0 Å². The molecule has 14 heavy (non-hydrogen) atoms. The molecule has 2 N–H and O–H groups in total. The fourth-order valence-electron chi connectivity index (χ4n) is 2.29. The zero-order valence-corrected chi connectivity index (χ0v) is 9.83. The Bertz CT molecular complexity index is 311. The average Bonchev–Trinajstić information content (AvgIpc) is 2.52. The van der Waals surface area contributed by atoms with Gasteiger partial charge in [-0.25, -0.2) is 0 Å². The van der Waals surface area contributed by atoms with Crippen LogP contribution in [0.25, 0.3) is 0 Å². The summed E-state index contributed by atoms with van der Waals surface area (Å²) in [6.07, 6.45) is 4.95. The van der Waals surface area contributed by atoms with Gasteiger partial charge in [-0.15, -0.1) is 0 Å². The van der Waals surface area contributed by atoms with Gasteiger partial charge in [-0.2, -0.15) is 0 Å². The molecule has 76 valence electrons. The molecule has 1 nitrogen and oxygen atoms in total. The minimum atomic E-state index is 0.425. The Kier molecular flexibility index (Phi) is 3.24. The quantitative estimate of drug-likeness (QED) is 0.862. The first-order valence-corrected chi connectivity index (χ1v) is 6.05. The summed E-state index contributed by atoms with van der Waals surface area (Å²) in [5.41, 5.74) is 7.46. The van der Waals surface area contributed by atoms with Gasteiger partial charge in [-0.3, -0.25) is 0 Å². The maximum absolute atomic E-state index is 6.05. The molecule has 0 spiro atoms. The van der Waals surface area contributed by atoms with Crippen molar-refractivity contribution in [2.45, 2.75) is 31.7 Å². The van der Waals surface area contributed by atoms with Crippen molar-refractivity contribution in [3.8, 4) is 0 Å². The summed E-state index contributed by atoms with van der Waals surface area (Å²) >= 11 is 3.50. The van der Waals surface area contributed by atoms with Crippen LogP contribution in [0.2, 0.25) is 0 Å². The maximum Gasteiger partial charge on any atom is 0.0177 e. The van der Waals surface area contributed by atoms with Crippen LogP contribution in [0, 0.1) is 5.92 Å². The van der Waals surface area contributed by atoms with Crippen molar-refractivity contribution in [3.63, 3.8) is 0 Å². The normalized spacial score (nSPS) is 26.7. The Morgan fingerprint density at radius 2 is 2.21 bits per heavy atom. The molecule has 0 heterocycles. The predicted octanol–water partition coefficient (Wildman–Crippen LogP) is 3.12. The molecule has 2 rings (SSSR count). The molecule has 1 aliphatic rings. The van der Waals surface area contributed by atoms with Gasteiger partial charge in [-0.05, 0) is 42.9 Å². The summed E-state index contributed by atoms with van der Waals surface area (Å²) in [5.74, 6) is 0.698.